The third-order valence-corrected chi connectivity index (χ3v) is 6.37. The first-order valence-electron chi connectivity index (χ1n) is 10.4. The molecule has 1 aliphatic rings. The summed E-state index contributed by atoms with van der Waals surface area (Å²) in [6.45, 7) is 4.98. The number of anilines is 1. The number of fused-ring (bicyclic) bond motifs is 1. The van der Waals surface area contributed by atoms with E-state index in [0.29, 0.717) is 29.5 Å². The molecule has 0 fully saturated rings. The maximum atomic E-state index is 12.9. The molecule has 0 bridgehead atoms. The van der Waals surface area contributed by atoms with E-state index in [0.717, 1.165) is 48.8 Å². The van der Waals surface area contributed by atoms with Crippen molar-refractivity contribution in [2.24, 2.45) is 0 Å². The van der Waals surface area contributed by atoms with Crippen molar-refractivity contribution in [2.45, 2.75) is 46.0 Å². The summed E-state index contributed by atoms with van der Waals surface area (Å²) in [5.74, 6) is 0.311. The molecular formula is C23H30N2O4S. The molecule has 162 valence electrons. The second-order valence-electron chi connectivity index (χ2n) is 7.62. The smallest absolute Gasteiger partial charge is 0.262 e. The van der Waals surface area contributed by atoms with Crippen LogP contribution < -0.4 is 15.4 Å². The van der Waals surface area contributed by atoms with Gasteiger partial charge in [-0.3, -0.25) is 9.59 Å². The van der Waals surface area contributed by atoms with Gasteiger partial charge in [-0.05, 0) is 68.7 Å². The van der Waals surface area contributed by atoms with Crippen LogP contribution in [0.3, 0.4) is 0 Å². The molecule has 0 unspecified atom stereocenters. The number of carbonyl (C=O) groups excluding carboxylic acids is 2. The predicted octanol–water partition coefficient (Wildman–Crippen LogP) is 4.03. The standard InChI is InChI=1S/C23H30N2O4S/c1-15-9-10-16(2)18(13-15)29-14-20(26)25-23-21(22(27)24-11-6-12-28-3)17-7-4-5-8-19(17)30-23/h9-10,13H,4-8,11-12,14H2,1-3H3,(H,24,27)(H,25,26). The molecule has 0 spiro atoms. The van der Waals surface area contributed by atoms with Gasteiger partial charge < -0.3 is 20.1 Å². The highest BCUT2D eigenvalue weighted by Gasteiger charge is 2.26. The molecule has 0 atom stereocenters. The molecule has 0 aliphatic heterocycles. The number of hydrogen-bond donors (Lipinski definition) is 2. The first-order valence-corrected chi connectivity index (χ1v) is 11.2. The number of carbonyl (C=O) groups is 2. The van der Waals surface area contributed by atoms with Crippen LogP contribution in [0.15, 0.2) is 18.2 Å². The molecular weight excluding hydrogens is 400 g/mol. The van der Waals surface area contributed by atoms with Gasteiger partial charge in [0.2, 0.25) is 0 Å². The molecule has 1 aliphatic carbocycles. The molecule has 0 radical (unpaired) electrons. The van der Waals surface area contributed by atoms with Crippen molar-refractivity contribution in [3.05, 3.63) is 45.3 Å². The Bertz CT molecular complexity index is 907. The third-order valence-electron chi connectivity index (χ3n) is 5.16. The van der Waals surface area contributed by atoms with Crippen LogP contribution in [-0.2, 0) is 22.4 Å². The van der Waals surface area contributed by atoms with Crippen molar-refractivity contribution in [2.75, 3.05) is 32.2 Å². The van der Waals surface area contributed by atoms with Crippen LogP contribution in [0, 0.1) is 13.8 Å². The molecule has 2 aromatic rings. The first kappa shape index (κ1) is 22.3. The summed E-state index contributed by atoms with van der Waals surface area (Å²) in [5.41, 5.74) is 3.76. The number of hydrogen-bond acceptors (Lipinski definition) is 5. The average Bonchev–Trinajstić information content (AvgIpc) is 3.09. The van der Waals surface area contributed by atoms with Crippen LogP contribution in [0.1, 0.15) is 51.2 Å². The summed E-state index contributed by atoms with van der Waals surface area (Å²) in [6.07, 6.45) is 4.77. The van der Waals surface area contributed by atoms with Crippen LogP contribution in [0.25, 0.3) is 0 Å². The van der Waals surface area contributed by atoms with E-state index >= 15 is 0 Å². The number of ether oxygens (including phenoxy) is 2. The molecule has 1 aromatic heterocycles. The van der Waals surface area contributed by atoms with Crippen LogP contribution in [0.2, 0.25) is 0 Å². The lowest BCUT2D eigenvalue weighted by Gasteiger charge is -2.13. The molecule has 2 N–H and O–H groups in total. The Balaban J connectivity index is 1.69. The van der Waals surface area contributed by atoms with E-state index in [1.165, 1.54) is 16.2 Å². The van der Waals surface area contributed by atoms with Crippen molar-refractivity contribution in [3.63, 3.8) is 0 Å². The topological polar surface area (TPSA) is 76.7 Å². The Morgan fingerprint density at radius 1 is 1.17 bits per heavy atom. The third kappa shape index (κ3) is 5.61. The van der Waals surface area contributed by atoms with Gasteiger partial charge in [-0.2, -0.15) is 0 Å². The first-order chi connectivity index (χ1) is 14.5. The van der Waals surface area contributed by atoms with Crippen LogP contribution >= 0.6 is 11.3 Å². The van der Waals surface area contributed by atoms with Gasteiger partial charge in [-0.1, -0.05) is 12.1 Å². The molecule has 2 amide bonds. The summed E-state index contributed by atoms with van der Waals surface area (Å²) in [7, 11) is 1.64. The van der Waals surface area contributed by atoms with Gasteiger partial charge in [0.05, 0.1) is 5.56 Å². The number of benzene rings is 1. The Labute approximate surface area is 182 Å². The van der Waals surface area contributed by atoms with Gasteiger partial charge in [0, 0.05) is 25.1 Å². The van der Waals surface area contributed by atoms with E-state index < -0.39 is 0 Å². The Morgan fingerprint density at radius 2 is 1.97 bits per heavy atom. The van der Waals surface area contributed by atoms with E-state index in [1.54, 1.807) is 7.11 Å². The lowest BCUT2D eigenvalue weighted by molar-refractivity contribution is -0.118. The zero-order chi connectivity index (χ0) is 21.5. The van der Waals surface area contributed by atoms with Gasteiger partial charge in [-0.15, -0.1) is 11.3 Å². The summed E-state index contributed by atoms with van der Waals surface area (Å²) in [5, 5.41) is 6.51. The van der Waals surface area contributed by atoms with Gasteiger partial charge in [0.15, 0.2) is 6.61 Å². The van der Waals surface area contributed by atoms with Gasteiger partial charge >= 0.3 is 0 Å². The number of methoxy groups -OCH3 is 1. The molecule has 1 aromatic carbocycles. The van der Waals surface area contributed by atoms with E-state index in [2.05, 4.69) is 10.6 Å². The molecule has 0 saturated heterocycles. The van der Waals surface area contributed by atoms with Crippen LogP contribution in [-0.4, -0.2) is 38.7 Å². The number of aryl methyl sites for hydroxylation is 3. The highest BCUT2D eigenvalue weighted by Crippen LogP contribution is 2.38. The van der Waals surface area contributed by atoms with E-state index in [-0.39, 0.29) is 18.4 Å². The largest absolute Gasteiger partial charge is 0.483 e. The lowest BCUT2D eigenvalue weighted by atomic mass is 9.95. The second kappa shape index (κ2) is 10.6. The van der Waals surface area contributed by atoms with Gasteiger partial charge in [-0.25, -0.2) is 0 Å². The van der Waals surface area contributed by atoms with Gasteiger partial charge in [0.1, 0.15) is 10.8 Å². The van der Waals surface area contributed by atoms with Crippen molar-refractivity contribution in [1.82, 2.24) is 5.32 Å². The number of amides is 2. The zero-order valence-corrected chi connectivity index (χ0v) is 18.7. The molecule has 0 saturated carbocycles. The van der Waals surface area contributed by atoms with Gasteiger partial charge in [0.25, 0.3) is 11.8 Å². The summed E-state index contributed by atoms with van der Waals surface area (Å²) >= 11 is 1.52. The zero-order valence-electron chi connectivity index (χ0n) is 17.9. The van der Waals surface area contributed by atoms with Crippen molar-refractivity contribution in [3.8, 4) is 5.75 Å². The van der Waals surface area contributed by atoms with Crippen molar-refractivity contribution < 1.29 is 19.1 Å². The number of thiophene rings is 1. The summed E-state index contributed by atoms with van der Waals surface area (Å²) in [4.78, 5) is 26.7. The maximum absolute atomic E-state index is 12.9. The Kier molecular flexibility index (Phi) is 7.87. The maximum Gasteiger partial charge on any atom is 0.262 e. The molecule has 3 rings (SSSR count). The summed E-state index contributed by atoms with van der Waals surface area (Å²) in [6, 6.07) is 5.91. The highest BCUT2D eigenvalue weighted by atomic mass is 32.1. The normalized spacial score (nSPS) is 12.9. The molecule has 6 nitrogen and oxygen atoms in total. The Morgan fingerprint density at radius 3 is 2.77 bits per heavy atom. The minimum Gasteiger partial charge on any atom is -0.483 e. The van der Waals surface area contributed by atoms with E-state index in [1.807, 2.05) is 32.0 Å². The number of rotatable bonds is 9. The predicted molar refractivity (Wildman–Crippen MR) is 120 cm³/mol. The molecule has 1 heterocycles. The minimum atomic E-state index is -0.261. The highest BCUT2D eigenvalue weighted by molar-refractivity contribution is 7.17. The second-order valence-corrected chi connectivity index (χ2v) is 8.73. The van der Waals surface area contributed by atoms with E-state index in [9.17, 15) is 9.59 Å². The van der Waals surface area contributed by atoms with Crippen molar-refractivity contribution >= 4 is 28.2 Å². The minimum absolute atomic E-state index is 0.0955. The number of nitrogens with one attached hydrogen (secondary N) is 2. The monoisotopic (exact) mass is 430 g/mol. The summed E-state index contributed by atoms with van der Waals surface area (Å²) < 4.78 is 10.8. The molecule has 30 heavy (non-hydrogen) atoms. The fourth-order valence-corrected chi connectivity index (χ4v) is 4.87. The average molecular weight is 431 g/mol. The van der Waals surface area contributed by atoms with Crippen LogP contribution in [0.5, 0.6) is 5.75 Å². The Hall–Kier alpha value is -2.38. The van der Waals surface area contributed by atoms with Crippen LogP contribution in [0.4, 0.5) is 5.00 Å². The fourth-order valence-electron chi connectivity index (χ4n) is 3.57. The molecule has 7 heteroatoms. The SMILES string of the molecule is COCCCNC(=O)c1c(NC(=O)COc2cc(C)ccc2C)sc2c1CCCC2. The lowest BCUT2D eigenvalue weighted by Crippen LogP contribution is -2.28. The van der Waals surface area contributed by atoms with E-state index in [4.69, 9.17) is 9.47 Å². The van der Waals surface area contributed by atoms with Crippen molar-refractivity contribution in [1.29, 1.82) is 0 Å². The fraction of sp³-hybridized carbons (Fsp3) is 0.478. The quantitative estimate of drug-likeness (QED) is 0.589.